The number of thiocarbonyl (C=S) groups is 1. The van der Waals surface area contributed by atoms with Crippen molar-refractivity contribution in [2.24, 2.45) is 5.92 Å². The van der Waals surface area contributed by atoms with Gasteiger partial charge < -0.3 is 24.8 Å². The molecule has 0 spiro atoms. The van der Waals surface area contributed by atoms with Gasteiger partial charge in [-0.3, -0.25) is 0 Å². The first-order valence-corrected chi connectivity index (χ1v) is 18.5. The zero-order valence-corrected chi connectivity index (χ0v) is 29.8. The van der Waals surface area contributed by atoms with E-state index in [2.05, 4.69) is 106 Å². The van der Waals surface area contributed by atoms with Crippen LogP contribution in [0.15, 0.2) is 78.2 Å². The number of ether oxygens (including phenoxy) is 1. The van der Waals surface area contributed by atoms with E-state index in [1.54, 1.807) is 11.3 Å². The second-order valence-electron chi connectivity index (χ2n) is 13.3. The molecule has 3 aliphatic rings. The smallest absolute Gasteiger partial charge is 0.410 e. The topological polar surface area (TPSA) is 73.8 Å². The van der Waals surface area contributed by atoms with Crippen LogP contribution in [0.5, 0.6) is 0 Å². The molecular formula is C38H37ClN6O2S2. The molecule has 1 unspecified atom stereocenters. The summed E-state index contributed by atoms with van der Waals surface area (Å²) in [5, 5.41) is 7.66. The third-order valence-electron chi connectivity index (χ3n) is 10.1. The van der Waals surface area contributed by atoms with Crippen molar-refractivity contribution in [3.63, 3.8) is 0 Å². The summed E-state index contributed by atoms with van der Waals surface area (Å²) in [6.45, 7) is 8.18. The van der Waals surface area contributed by atoms with E-state index in [0.717, 1.165) is 53.3 Å². The first kappa shape index (κ1) is 32.0. The fraction of sp³-hybridized carbons (Fsp3) is 0.316. The van der Waals surface area contributed by atoms with Gasteiger partial charge in [0.05, 0.1) is 11.4 Å². The fourth-order valence-corrected chi connectivity index (χ4v) is 8.95. The number of nitrogens with one attached hydrogen (secondary N) is 1. The lowest BCUT2D eigenvalue weighted by Crippen LogP contribution is -2.58. The number of piperazine rings is 1. The molecule has 1 saturated heterocycles. The summed E-state index contributed by atoms with van der Waals surface area (Å²) in [6.07, 6.45) is 0.446. The molecule has 2 aromatic heterocycles. The van der Waals surface area contributed by atoms with Gasteiger partial charge in [-0.1, -0.05) is 74.5 Å². The van der Waals surface area contributed by atoms with E-state index in [1.165, 1.54) is 27.8 Å². The van der Waals surface area contributed by atoms with E-state index < -0.39 is 0 Å². The predicted octanol–water partition coefficient (Wildman–Crippen LogP) is 8.20. The van der Waals surface area contributed by atoms with Crippen molar-refractivity contribution in [3.05, 3.63) is 106 Å². The van der Waals surface area contributed by atoms with Crippen LogP contribution in [0.1, 0.15) is 42.0 Å². The average Bonchev–Trinajstić information content (AvgIpc) is 3.72. The molecule has 0 saturated carbocycles. The highest BCUT2D eigenvalue weighted by molar-refractivity contribution is 7.80. The zero-order chi connectivity index (χ0) is 33.6. The van der Waals surface area contributed by atoms with E-state index in [9.17, 15) is 4.79 Å². The standard InChI is InChI=1S/C38H37ClN6O2S2/c1-23(2)33-21-43(34-30-15-19-49-35(30)42-36(39)41-34)17-18-45(33)37(48)40-32-13-7-8-24-20-44(16-14-25(24)32)38(46)47-22-31-28-11-5-3-9-26(28)27-10-4-6-12-29(27)31/h3-13,15,19,23,31,33H,14,16-18,20-22H2,1-2H3,(H,40,48). The predicted molar refractivity (Wildman–Crippen MR) is 202 cm³/mol. The first-order chi connectivity index (χ1) is 23.9. The van der Waals surface area contributed by atoms with Crippen molar-refractivity contribution in [1.29, 1.82) is 0 Å². The highest BCUT2D eigenvalue weighted by atomic mass is 35.5. The van der Waals surface area contributed by atoms with Gasteiger partial charge in [0.1, 0.15) is 17.3 Å². The van der Waals surface area contributed by atoms with Gasteiger partial charge in [0.25, 0.3) is 0 Å². The van der Waals surface area contributed by atoms with E-state index in [0.29, 0.717) is 30.7 Å². The summed E-state index contributed by atoms with van der Waals surface area (Å²) in [6, 6.07) is 25.3. The number of hydrogen-bond acceptors (Lipinski definition) is 7. The highest BCUT2D eigenvalue weighted by Gasteiger charge is 2.34. The molecule has 1 atom stereocenters. The average molecular weight is 709 g/mol. The van der Waals surface area contributed by atoms with Gasteiger partial charge in [-0.25, -0.2) is 9.78 Å². The molecule has 3 aromatic carbocycles. The van der Waals surface area contributed by atoms with Gasteiger partial charge in [0.15, 0.2) is 5.11 Å². The van der Waals surface area contributed by atoms with Crippen LogP contribution in [0.4, 0.5) is 16.3 Å². The van der Waals surface area contributed by atoms with Gasteiger partial charge in [-0.2, -0.15) is 4.98 Å². The fourth-order valence-electron chi connectivity index (χ4n) is 7.64. The number of benzene rings is 3. The van der Waals surface area contributed by atoms with E-state index in [-0.39, 0.29) is 23.3 Å². The minimum Gasteiger partial charge on any atom is -0.448 e. The number of thiophene rings is 1. The monoisotopic (exact) mass is 708 g/mol. The molecule has 0 radical (unpaired) electrons. The summed E-state index contributed by atoms with van der Waals surface area (Å²) in [5.41, 5.74) is 8.18. The molecule has 5 aromatic rings. The quantitative estimate of drug-likeness (QED) is 0.145. The van der Waals surface area contributed by atoms with Crippen LogP contribution in [-0.4, -0.2) is 69.8 Å². The van der Waals surface area contributed by atoms with Crippen LogP contribution >= 0.6 is 35.2 Å². The number of anilines is 2. The number of nitrogens with zero attached hydrogens (tertiary/aromatic N) is 5. The zero-order valence-electron chi connectivity index (χ0n) is 27.4. The number of aromatic nitrogens is 2. The molecule has 1 fully saturated rings. The highest BCUT2D eigenvalue weighted by Crippen LogP contribution is 2.44. The Morgan fingerprint density at radius 2 is 1.76 bits per heavy atom. The molecule has 11 heteroatoms. The lowest BCUT2D eigenvalue weighted by atomic mass is 9.97. The number of fused-ring (bicyclic) bond motifs is 5. The Kier molecular flexibility index (Phi) is 8.63. The molecule has 49 heavy (non-hydrogen) atoms. The summed E-state index contributed by atoms with van der Waals surface area (Å²) in [7, 11) is 0. The summed E-state index contributed by atoms with van der Waals surface area (Å²) >= 11 is 14.0. The van der Waals surface area contributed by atoms with Crippen molar-refractivity contribution in [2.45, 2.75) is 38.8 Å². The maximum atomic E-state index is 13.4. The third-order valence-corrected chi connectivity index (χ3v) is 11.4. The van der Waals surface area contributed by atoms with Crippen LogP contribution in [-0.2, 0) is 17.7 Å². The van der Waals surface area contributed by atoms with E-state index >= 15 is 0 Å². The number of amides is 1. The number of hydrogen-bond donors (Lipinski definition) is 1. The van der Waals surface area contributed by atoms with Gasteiger partial charge in [-0.15, -0.1) is 11.3 Å². The summed E-state index contributed by atoms with van der Waals surface area (Å²) in [4.78, 5) is 29.8. The second kappa shape index (κ2) is 13.2. The Morgan fingerprint density at radius 1 is 1.00 bits per heavy atom. The van der Waals surface area contributed by atoms with Crippen LogP contribution in [0.25, 0.3) is 21.3 Å². The largest absolute Gasteiger partial charge is 0.448 e. The maximum Gasteiger partial charge on any atom is 0.410 e. The summed E-state index contributed by atoms with van der Waals surface area (Å²) < 4.78 is 5.99. The Balaban J connectivity index is 0.928. The molecular weight excluding hydrogens is 672 g/mol. The second-order valence-corrected chi connectivity index (χ2v) is 14.9. The Labute approximate surface area is 300 Å². The van der Waals surface area contributed by atoms with E-state index in [1.807, 2.05) is 16.3 Å². The summed E-state index contributed by atoms with van der Waals surface area (Å²) in [5.74, 6) is 1.28. The van der Waals surface area contributed by atoms with Gasteiger partial charge in [0.2, 0.25) is 5.28 Å². The third kappa shape index (κ3) is 6.00. The molecule has 0 bridgehead atoms. The Morgan fingerprint density at radius 3 is 2.51 bits per heavy atom. The molecule has 4 heterocycles. The minimum atomic E-state index is -0.274. The molecule has 1 amide bonds. The molecule has 8 nitrogen and oxygen atoms in total. The molecule has 1 N–H and O–H groups in total. The van der Waals surface area contributed by atoms with Gasteiger partial charge >= 0.3 is 6.09 Å². The van der Waals surface area contributed by atoms with Crippen molar-refractivity contribution in [2.75, 3.05) is 43.0 Å². The van der Waals surface area contributed by atoms with Crippen molar-refractivity contribution in [3.8, 4) is 11.1 Å². The number of carbonyl (C=O) groups excluding carboxylic acids is 1. The number of rotatable bonds is 5. The van der Waals surface area contributed by atoms with Gasteiger partial charge in [-0.05, 0) is 87.1 Å². The van der Waals surface area contributed by atoms with E-state index in [4.69, 9.17) is 28.6 Å². The maximum absolute atomic E-state index is 13.4. The molecule has 250 valence electrons. The first-order valence-electron chi connectivity index (χ1n) is 16.8. The minimum absolute atomic E-state index is 0.0391. The number of carbonyl (C=O) groups is 1. The van der Waals surface area contributed by atoms with Crippen LogP contribution < -0.4 is 10.2 Å². The molecule has 2 aliphatic heterocycles. The lowest BCUT2D eigenvalue weighted by molar-refractivity contribution is 0.0954. The van der Waals surface area contributed by atoms with Crippen molar-refractivity contribution >= 4 is 68.1 Å². The normalized spacial score (nSPS) is 17.2. The van der Waals surface area contributed by atoms with Crippen molar-refractivity contribution < 1.29 is 9.53 Å². The van der Waals surface area contributed by atoms with Crippen LogP contribution in [0.2, 0.25) is 5.28 Å². The lowest BCUT2D eigenvalue weighted by Gasteiger charge is -2.45. The van der Waals surface area contributed by atoms with Crippen LogP contribution in [0.3, 0.4) is 0 Å². The molecule has 1 aliphatic carbocycles. The molecule has 8 rings (SSSR count). The SMILES string of the molecule is CC(C)C1CN(c2nc(Cl)nc3sccc23)CCN1C(=S)Nc1cccc2c1CCN(C(=O)OCC1c3ccccc3-c3ccccc31)C2. The Hall–Kier alpha value is -4.25. The number of halogens is 1. The Bertz CT molecular complexity index is 2020. The van der Waals surface area contributed by atoms with Crippen LogP contribution in [0, 0.1) is 5.92 Å². The van der Waals surface area contributed by atoms with Gasteiger partial charge in [0, 0.05) is 44.3 Å². The van der Waals surface area contributed by atoms with Crippen molar-refractivity contribution in [1.82, 2.24) is 19.8 Å².